The second-order valence-electron chi connectivity index (χ2n) is 3.78. The van der Waals surface area contributed by atoms with Crippen molar-refractivity contribution >= 4 is 10.8 Å². The molecule has 2 heteroatoms. The lowest BCUT2D eigenvalue weighted by Gasteiger charge is -2.05. The van der Waals surface area contributed by atoms with Gasteiger partial charge in [0.1, 0.15) is 18.5 Å². The molecule has 16 heavy (non-hydrogen) atoms. The van der Waals surface area contributed by atoms with Gasteiger partial charge in [-0.1, -0.05) is 37.8 Å². The normalized spacial score (nSPS) is 17.9. The Balaban J connectivity index is 0.000000963. The van der Waals surface area contributed by atoms with Crippen molar-refractivity contribution in [1.82, 2.24) is 0 Å². The van der Waals surface area contributed by atoms with Gasteiger partial charge in [0.2, 0.25) is 0 Å². The van der Waals surface area contributed by atoms with E-state index in [1.807, 2.05) is 18.2 Å². The summed E-state index contributed by atoms with van der Waals surface area (Å²) in [7, 11) is 0. The third-order valence-electron chi connectivity index (χ3n) is 2.56. The van der Waals surface area contributed by atoms with Gasteiger partial charge in [0, 0.05) is 0 Å². The van der Waals surface area contributed by atoms with Gasteiger partial charge in [-0.2, -0.15) is 0 Å². The molecule has 2 nitrogen and oxygen atoms in total. The SMILES string of the molecule is C.c1ccc2cc(OCC3CO3)ccc2c1. The molecule has 1 atom stereocenters. The van der Waals surface area contributed by atoms with Crippen LogP contribution >= 0.6 is 0 Å². The van der Waals surface area contributed by atoms with Crippen molar-refractivity contribution in [3.05, 3.63) is 42.5 Å². The highest BCUT2D eigenvalue weighted by Gasteiger charge is 2.22. The van der Waals surface area contributed by atoms with Crippen LogP contribution in [0.4, 0.5) is 0 Å². The average Bonchev–Trinajstić information content (AvgIpc) is 3.10. The predicted molar refractivity (Wildman–Crippen MR) is 65.9 cm³/mol. The van der Waals surface area contributed by atoms with Crippen LogP contribution < -0.4 is 4.74 Å². The fourth-order valence-electron chi connectivity index (χ4n) is 1.61. The lowest BCUT2D eigenvalue weighted by Crippen LogP contribution is -2.03. The number of rotatable bonds is 3. The van der Waals surface area contributed by atoms with Crippen LogP contribution in [-0.2, 0) is 4.74 Å². The quantitative estimate of drug-likeness (QED) is 0.734. The maximum atomic E-state index is 5.61. The first kappa shape index (κ1) is 11.0. The Morgan fingerprint density at radius 3 is 2.62 bits per heavy atom. The molecule has 84 valence electrons. The van der Waals surface area contributed by atoms with Crippen LogP contribution in [0.2, 0.25) is 0 Å². The first-order valence-electron chi connectivity index (χ1n) is 5.15. The minimum Gasteiger partial charge on any atom is -0.491 e. The summed E-state index contributed by atoms with van der Waals surface area (Å²) < 4.78 is 10.7. The molecule has 2 aromatic carbocycles. The van der Waals surface area contributed by atoms with E-state index in [1.165, 1.54) is 10.8 Å². The highest BCUT2D eigenvalue weighted by molar-refractivity contribution is 5.83. The van der Waals surface area contributed by atoms with Crippen molar-refractivity contribution in [2.45, 2.75) is 13.5 Å². The molecular formula is C14H16O2. The zero-order valence-corrected chi connectivity index (χ0v) is 8.35. The Morgan fingerprint density at radius 2 is 1.88 bits per heavy atom. The molecule has 1 aliphatic heterocycles. The van der Waals surface area contributed by atoms with Gasteiger partial charge in [-0.15, -0.1) is 0 Å². The Kier molecular flexibility index (Phi) is 3.11. The largest absolute Gasteiger partial charge is 0.491 e. The predicted octanol–water partition coefficient (Wildman–Crippen LogP) is 3.25. The third-order valence-corrected chi connectivity index (χ3v) is 2.56. The van der Waals surface area contributed by atoms with Gasteiger partial charge in [-0.05, 0) is 22.9 Å². The second-order valence-corrected chi connectivity index (χ2v) is 3.78. The zero-order chi connectivity index (χ0) is 10.1. The molecule has 1 aliphatic rings. The molecule has 0 aliphatic carbocycles. The number of ether oxygens (including phenoxy) is 2. The summed E-state index contributed by atoms with van der Waals surface area (Å²) >= 11 is 0. The van der Waals surface area contributed by atoms with Gasteiger partial charge >= 0.3 is 0 Å². The van der Waals surface area contributed by atoms with Crippen LogP contribution in [0, 0.1) is 0 Å². The van der Waals surface area contributed by atoms with E-state index in [2.05, 4.69) is 24.3 Å². The maximum Gasteiger partial charge on any atom is 0.120 e. The van der Waals surface area contributed by atoms with Crippen molar-refractivity contribution in [3.8, 4) is 5.75 Å². The molecule has 0 bridgehead atoms. The van der Waals surface area contributed by atoms with Crippen LogP contribution in [0.1, 0.15) is 7.43 Å². The summed E-state index contributed by atoms with van der Waals surface area (Å²) in [4.78, 5) is 0. The van der Waals surface area contributed by atoms with E-state index < -0.39 is 0 Å². The summed E-state index contributed by atoms with van der Waals surface area (Å²) in [5, 5.41) is 2.46. The minimum absolute atomic E-state index is 0. The van der Waals surface area contributed by atoms with Gasteiger partial charge < -0.3 is 9.47 Å². The lowest BCUT2D eigenvalue weighted by atomic mass is 10.1. The molecule has 1 fully saturated rings. The molecule has 0 saturated carbocycles. The Labute approximate surface area is 95.8 Å². The third kappa shape index (κ3) is 2.34. The standard InChI is InChI=1S/C13H12O2.CH4/c1-2-4-11-7-12(6-5-10(11)3-1)14-8-13-9-15-13;/h1-7,13H,8-9H2;1H4. The molecule has 1 unspecified atom stereocenters. The smallest absolute Gasteiger partial charge is 0.120 e. The van der Waals surface area contributed by atoms with Gasteiger partial charge in [0.05, 0.1) is 6.61 Å². The first-order valence-corrected chi connectivity index (χ1v) is 5.15. The van der Waals surface area contributed by atoms with E-state index in [-0.39, 0.29) is 7.43 Å². The number of epoxide rings is 1. The van der Waals surface area contributed by atoms with Crippen LogP contribution in [0.25, 0.3) is 10.8 Å². The molecule has 0 aromatic heterocycles. The Bertz CT molecular complexity index is 475. The van der Waals surface area contributed by atoms with Crippen LogP contribution in [0.15, 0.2) is 42.5 Å². The molecule has 0 N–H and O–H groups in total. The van der Waals surface area contributed by atoms with E-state index in [4.69, 9.17) is 9.47 Å². The molecule has 2 aromatic rings. The molecular weight excluding hydrogens is 200 g/mol. The summed E-state index contributed by atoms with van der Waals surface area (Å²) in [5.41, 5.74) is 0. The number of fused-ring (bicyclic) bond motifs is 1. The molecule has 3 rings (SSSR count). The maximum absolute atomic E-state index is 5.61. The van der Waals surface area contributed by atoms with E-state index in [0.717, 1.165) is 12.4 Å². The van der Waals surface area contributed by atoms with Crippen LogP contribution in [0.5, 0.6) is 5.75 Å². The molecule has 0 amide bonds. The Hall–Kier alpha value is -1.54. The van der Waals surface area contributed by atoms with Crippen LogP contribution in [-0.4, -0.2) is 19.3 Å². The number of hydrogen-bond donors (Lipinski definition) is 0. The summed E-state index contributed by atoms with van der Waals surface area (Å²) in [6.07, 6.45) is 0.316. The van der Waals surface area contributed by atoms with Crippen LogP contribution in [0.3, 0.4) is 0 Å². The fourth-order valence-corrected chi connectivity index (χ4v) is 1.61. The van der Waals surface area contributed by atoms with Gasteiger partial charge in [-0.25, -0.2) is 0 Å². The molecule has 1 heterocycles. The number of hydrogen-bond acceptors (Lipinski definition) is 2. The van der Waals surface area contributed by atoms with Gasteiger partial charge in [0.25, 0.3) is 0 Å². The summed E-state index contributed by atoms with van der Waals surface area (Å²) in [5.74, 6) is 0.921. The monoisotopic (exact) mass is 216 g/mol. The van der Waals surface area contributed by atoms with E-state index in [0.29, 0.717) is 12.7 Å². The van der Waals surface area contributed by atoms with Gasteiger partial charge in [0.15, 0.2) is 0 Å². The van der Waals surface area contributed by atoms with E-state index in [9.17, 15) is 0 Å². The van der Waals surface area contributed by atoms with Crippen molar-refractivity contribution < 1.29 is 9.47 Å². The van der Waals surface area contributed by atoms with Crippen molar-refractivity contribution in [2.75, 3.05) is 13.2 Å². The average molecular weight is 216 g/mol. The molecule has 0 radical (unpaired) electrons. The van der Waals surface area contributed by atoms with Crippen molar-refractivity contribution in [3.63, 3.8) is 0 Å². The highest BCUT2D eigenvalue weighted by Crippen LogP contribution is 2.21. The van der Waals surface area contributed by atoms with Gasteiger partial charge in [-0.3, -0.25) is 0 Å². The molecule has 1 saturated heterocycles. The number of benzene rings is 2. The molecule has 0 spiro atoms. The fraction of sp³-hybridized carbons (Fsp3) is 0.286. The highest BCUT2D eigenvalue weighted by atomic mass is 16.6. The summed E-state index contributed by atoms with van der Waals surface area (Å²) in [6, 6.07) is 14.4. The second kappa shape index (κ2) is 4.54. The van der Waals surface area contributed by atoms with E-state index in [1.54, 1.807) is 0 Å². The zero-order valence-electron chi connectivity index (χ0n) is 8.35. The summed E-state index contributed by atoms with van der Waals surface area (Å²) in [6.45, 7) is 1.51. The van der Waals surface area contributed by atoms with E-state index >= 15 is 0 Å². The topological polar surface area (TPSA) is 21.8 Å². The lowest BCUT2D eigenvalue weighted by molar-refractivity contribution is 0.263. The first-order chi connectivity index (χ1) is 7.42. The Morgan fingerprint density at radius 1 is 1.12 bits per heavy atom. The van der Waals surface area contributed by atoms with Crippen molar-refractivity contribution in [2.24, 2.45) is 0 Å². The minimum atomic E-state index is 0. The van der Waals surface area contributed by atoms with Crippen molar-refractivity contribution in [1.29, 1.82) is 0 Å².